The summed E-state index contributed by atoms with van der Waals surface area (Å²) in [6.45, 7) is 4.34. The minimum atomic E-state index is -0.739. The van der Waals surface area contributed by atoms with E-state index in [1.807, 2.05) is 62.0 Å². The molecule has 9 heteroatoms. The van der Waals surface area contributed by atoms with Crippen LogP contribution in [0.3, 0.4) is 0 Å². The molecule has 2 N–H and O–H groups in total. The third kappa shape index (κ3) is 4.17. The van der Waals surface area contributed by atoms with Gasteiger partial charge in [0.25, 0.3) is 0 Å². The Morgan fingerprint density at radius 3 is 2.68 bits per heavy atom. The van der Waals surface area contributed by atoms with E-state index >= 15 is 0 Å². The Balaban J connectivity index is 1.51. The zero-order chi connectivity index (χ0) is 22.0. The lowest BCUT2D eigenvalue weighted by Gasteiger charge is -2.17. The second kappa shape index (κ2) is 8.65. The molecule has 4 aromatic rings. The van der Waals surface area contributed by atoms with Gasteiger partial charge in [-0.15, -0.1) is 0 Å². The molecule has 1 aromatic carbocycles. The summed E-state index contributed by atoms with van der Waals surface area (Å²) in [5.74, 6) is 2.76. The average Bonchev–Trinajstić information content (AvgIpc) is 3.38. The molecule has 0 amide bonds. The number of ether oxygens (including phenoxy) is 2. The highest BCUT2D eigenvalue weighted by Gasteiger charge is 2.16. The molecule has 0 spiro atoms. The fourth-order valence-electron chi connectivity index (χ4n) is 3.33. The predicted octanol–water partition coefficient (Wildman–Crippen LogP) is 2.61. The molecule has 0 saturated carbocycles. The van der Waals surface area contributed by atoms with Crippen molar-refractivity contribution in [1.82, 2.24) is 24.1 Å². The van der Waals surface area contributed by atoms with Crippen molar-refractivity contribution in [1.29, 1.82) is 0 Å². The fourth-order valence-corrected chi connectivity index (χ4v) is 3.33. The van der Waals surface area contributed by atoms with E-state index in [1.165, 1.54) is 0 Å². The number of aliphatic hydroxyl groups excluding tert-OH is 1. The highest BCUT2D eigenvalue weighted by atomic mass is 16.5. The van der Waals surface area contributed by atoms with Crippen molar-refractivity contribution in [2.24, 2.45) is 7.05 Å². The van der Waals surface area contributed by atoms with E-state index < -0.39 is 6.10 Å². The summed E-state index contributed by atoms with van der Waals surface area (Å²) in [4.78, 5) is 9.01. The topological polar surface area (TPSA) is 98.7 Å². The molecule has 31 heavy (non-hydrogen) atoms. The molecule has 0 unspecified atom stereocenters. The quantitative estimate of drug-likeness (QED) is 0.450. The highest BCUT2D eigenvalue weighted by molar-refractivity contribution is 5.63. The Kier molecular flexibility index (Phi) is 5.77. The Labute approximate surface area is 180 Å². The van der Waals surface area contributed by atoms with Crippen molar-refractivity contribution in [2.45, 2.75) is 20.0 Å². The van der Waals surface area contributed by atoms with Gasteiger partial charge in [0.05, 0.1) is 7.11 Å². The molecule has 0 saturated heterocycles. The van der Waals surface area contributed by atoms with Crippen LogP contribution in [0.5, 0.6) is 11.5 Å². The van der Waals surface area contributed by atoms with Crippen LogP contribution >= 0.6 is 0 Å². The summed E-state index contributed by atoms with van der Waals surface area (Å²) in [7, 11) is 3.51. The van der Waals surface area contributed by atoms with Crippen molar-refractivity contribution < 1.29 is 14.6 Å². The van der Waals surface area contributed by atoms with Gasteiger partial charge in [-0.25, -0.2) is 9.97 Å². The number of nitrogens with zero attached hydrogens (tertiary/aromatic N) is 5. The van der Waals surface area contributed by atoms with Crippen LogP contribution in [0.4, 0.5) is 5.82 Å². The Morgan fingerprint density at radius 1 is 1.19 bits per heavy atom. The van der Waals surface area contributed by atoms with E-state index in [9.17, 15) is 5.11 Å². The number of para-hydroxylation sites is 2. The SMILES string of the molecule is COc1ccccc1OC[C@H](O)CNc1c(C)c(C)nc2cc(-c3nccn3C)nn12. The first-order valence-corrected chi connectivity index (χ1v) is 10.0. The number of aliphatic hydroxyl groups is 1. The molecular weight excluding hydrogens is 396 g/mol. The molecule has 3 heterocycles. The van der Waals surface area contributed by atoms with Crippen molar-refractivity contribution in [3.63, 3.8) is 0 Å². The van der Waals surface area contributed by atoms with E-state index in [0.717, 1.165) is 28.6 Å². The van der Waals surface area contributed by atoms with Crippen molar-refractivity contribution >= 4 is 11.5 Å². The normalized spacial score (nSPS) is 12.2. The number of aromatic nitrogens is 5. The molecule has 4 rings (SSSR count). The maximum Gasteiger partial charge on any atom is 0.161 e. The number of nitrogens with one attached hydrogen (secondary N) is 1. The summed E-state index contributed by atoms with van der Waals surface area (Å²) in [6.07, 6.45) is 2.87. The van der Waals surface area contributed by atoms with Gasteiger partial charge in [-0.3, -0.25) is 0 Å². The zero-order valence-electron chi connectivity index (χ0n) is 18.0. The molecule has 1 atom stereocenters. The van der Waals surface area contributed by atoms with Gasteiger partial charge in [-0.1, -0.05) is 12.1 Å². The zero-order valence-corrected chi connectivity index (χ0v) is 18.0. The van der Waals surface area contributed by atoms with Gasteiger partial charge < -0.3 is 24.5 Å². The van der Waals surface area contributed by atoms with Crippen molar-refractivity contribution in [3.05, 3.63) is 54.0 Å². The number of hydrogen-bond acceptors (Lipinski definition) is 7. The summed E-state index contributed by atoms with van der Waals surface area (Å²) >= 11 is 0. The van der Waals surface area contributed by atoms with Crippen LogP contribution in [0.2, 0.25) is 0 Å². The summed E-state index contributed by atoms with van der Waals surface area (Å²) in [5, 5.41) is 18.5. The molecule has 0 bridgehead atoms. The van der Waals surface area contributed by atoms with Gasteiger partial charge in [-0.05, 0) is 26.0 Å². The minimum Gasteiger partial charge on any atom is -0.493 e. The van der Waals surface area contributed by atoms with Crippen LogP contribution in [0, 0.1) is 13.8 Å². The summed E-state index contributed by atoms with van der Waals surface area (Å²) < 4.78 is 14.7. The van der Waals surface area contributed by atoms with Crippen LogP contribution in [0.1, 0.15) is 11.3 Å². The van der Waals surface area contributed by atoms with Gasteiger partial charge in [0.15, 0.2) is 23.0 Å². The lowest BCUT2D eigenvalue weighted by Crippen LogP contribution is -2.27. The largest absolute Gasteiger partial charge is 0.493 e. The first-order valence-electron chi connectivity index (χ1n) is 10.0. The number of methoxy groups -OCH3 is 1. The lowest BCUT2D eigenvalue weighted by molar-refractivity contribution is 0.115. The number of rotatable bonds is 8. The molecule has 0 aliphatic rings. The molecule has 0 fully saturated rings. The highest BCUT2D eigenvalue weighted by Crippen LogP contribution is 2.26. The van der Waals surface area contributed by atoms with E-state index in [1.54, 1.807) is 17.8 Å². The number of hydrogen-bond donors (Lipinski definition) is 2. The summed E-state index contributed by atoms with van der Waals surface area (Å²) in [6, 6.07) is 9.26. The van der Waals surface area contributed by atoms with Crippen molar-refractivity contribution in [3.8, 4) is 23.0 Å². The smallest absolute Gasteiger partial charge is 0.161 e. The first-order chi connectivity index (χ1) is 15.0. The number of fused-ring (bicyclic) bond motifs is 1. The number of imidazole rings is 1. The number of benzene rings is 1. The Hall–Kier alpha value is -3.59. The third-order valence-electron chi connectivity index (χ3n) is 5.14. The fraction of sp³-hybridized carbons (Fsp3) is 0.318. The van der Waals surface area contributed by atoms with E-state index in [2.05, 4.69) is 15.3 Å². The molecular formula is C22H26N6O3. The van der Waals surface area contributed by atoms with Crippen molar-refractivity contribution in [2.75, 3.05) is 25.6 Å². The second-order valence-electron chi connectivity index (χ2n) is 7.33. The Morgan fingerprint density at radius 2 is 1.97 bits per heavy atom. The van der Waals surface area contributed by atoms with Crippen LogP contribution in [-0.4, -0.2) is 55.6 Å². The number of aryl methyl sites for hydroxylation is 2. The van der Waals surface area contributed by atoms with Crippen LogP contribution in [0.15, 0.2) is 42.7 Å². The maximum atomic E-state index is 10.5. The standard InChI is InChI=1S/C22H26N6O3/c1-14-15(2)25-20-11-17(22-23-9-10-27(22)3)26-28(20)21(14)24-12-16(29)13-31-19-8-6-5-7-18(19)30-4/h5-11,16,24,29H,12-13H2,1-4H3/t16-/m1/s1. The third-order valence-corrected chi connectivity index (χ3v) is 5.14. The molecule has 0 radical (unpaired) electrons. The monoisotopic (exact) mass is 422 g/mol. The molecule has 9 nitrogen and oxygen atoms in total. The molecule has 0 aliphatic heterocycles. The van der Waals surface area contributed by atoms with Crippen LogP contribution in [-0.2, 0) is 7.05 Å². The van der Waals surface area contributed by atoms with E-state index in [4.69, 9.17) is 14.6 Å². The molecule has 162 valence electrons. The van der Waals surface area contributed by atoms with Gasteiger partial charge in [0, 0.05) is 43.3 Å². The van der Waals surface area contributed by atoms with Gasteiger partial charge in [0.2, 0.25) is 0 Å². The van der Waals surface area contributed by atoms with Gasteiger partial charge >= 0.3 is 0 Å². The van der Waals surface area contributed by atoms with Gasteiger partial charge in [-0.2, -0.15) is 9.61 Å². The summed E-state index contributed by atoms with van der Waals surface area (Å²) in [5.41, 5.74) is 3.29. The molecule has 0 aliphatic carbocycles. The predicted molar refractivity (Wildman–Crippen MR) is 118 cm³/mol. The lowest BCUT2D eigenvalue weighted by atomic mass is 10.2. The first kappa shape index (κ1) is 20.7. The minimum absolute atomic E-state index is 0.122. The Bertz CT molecular complexity index is 1200. The average molecular weight is 422 g/mol. The van der Waals surface area contributed by atoms with Crippen LogP contribution in [0.25, 0.3) is 17.2 Å². The van der Waals surface area contributed by atoms with Gasteiger partial charge in [0.1, 0.15) is 24.2 Å². The second-order valence-corrected chi connectivity index (χ2v) is 7.33. The van der Waals surface area contributed by atoms with Crippen LogP contribution < -0.4 is 14.8 Å². The maximum absolute atomic E-state index is 10.5. The molecule has 3 aromatic heterocycles. The number of anilines is 1. The van der Waals surface area contributed by atoms with E-state index in [-0.39, 0.29) is 13.2 Å². The van der Waals surface area contributed by atoms with E-state index in [0.29, 0.717) is 17.1 Å².